The lowest BCUT2D eigenvalue weighted by molar-refractivity contribution is -0.511. The molecule has 25 heavy (non-hydrogen) atoms. The van der Waals surface area contributed by atoms with E-state index in [-0.39, 0.29) is 18.5 Å². The standard InChI is InChI=1S/C19H30N2O4/c1-15(2)17(14-24-13-16-9-7-6-8-10-16)21(23)12-11-20-18(22)25-19(3,4)5/h6-10,12,15,17H,11,13-14H2,1-5H3,(H,20,22)/b21-12-. The van der Waals surface area contributed by atoms with E-state index < -0.39 is 11.7 Å². The molecule has 6 nitrogen and oxygen atoms in total. The minimum atomic E-state index is -0.563. The zero-order chi connectivity index (χ0) is 18.9. The lowest BCUT2D eigenvalue weighted by Crippen LogP contribution is -2.37. The number of hydrogen-bond acceptors (Lipinski definition) is 4. The van der Waals surface area contributed by atoms with Crippen molar-refractivity contribution in [2.24, 2.45) is 5.92 Å². The molecule has 1 unspecified atom stereocenters. The molecule has 1 aromatic rings. The van der Waals surface area contributed by atoms with Crippen molar-refractivity contribution in [2.45, 2.75) is 52.9 Å². The van der Waals surface area contributed by atoms with Gasteiger partial charge in [-0.2, -0.15) is 0 Å². The quantitative estimate of drug-likeness (QED) is 0.338. The molecule has 1 aromatic carbocycles. The Kier molecular flexibility index (Phi) is 8.41. The number of amides is 1. The van der Waals surface area contributed by atoms with Crippen molar-refractivity contribution in [2.75, 3.05) is 13.2 Å². The Morgan fingerprint density at radius 2 is 1.92 bits per heavy atom. The van der Waals surface area contributed by atoms with E-state index in [1.165, 1.54) is 6.21 Å². The molecule has 0 heterocycles. The van der Waals surface area contributed by atoms with Crippen LogP contribution in [0.4, 0.5) is 4.79 Å². The fourth-order valence-corrected chi connectivity index (χ4v) is 2.10. The summed E-state index contributed by atoms with van der Waals surface area (Å²) in [6.45, 7) is 10.2. The number of alkyl carbamates (subject to hydrolysis) is 1. The normalized spacial score (nSPS) is 13.6. The zero-order valence-corrected chi connectivity index (χ0v) is 15.8. The Morgan fingerprint density at radius 1 is 1.28 bits per heavy atom. The van der Waals surface area contributed by atoms with Crippen LogP contribution < -0.4 is 5.32 Å². The number of hydrogen-bond donors (Lipinski definition) is 1. The van der Waals surface area contributed by atoms with E-state index in [0.717, 1.165) is 10.3 Å². The molecule has 0 radical (unpaired) electrons. The van der Waals surface area contributed by atoms with E-state index in [9.17, 15) is 10.0 Å². The smallest absolute Gasteiger partial charge is 0.408 e. The zero-order valence-electron chi connectivity index (χ0n) is 15.8. The molecule has 0 spiro atoms. The van der Waals surface area contributed by atoms with Crippen molar-refractivity contribution < 1.29 is 19.0 Å². The Morgan fingerprint density at radius 3 is 2.48 bits per heavy atom. The molecule has 140 valence electrons. The molecule has 0 aromatic heterocycles. The minimum absolute atomic E-state index is 0.111. The third-order valence-corrected chi connectivity index (χ3v) is 3.41. The second-order valence-corrected chi connectivity index (χ2v) is 7.24. The van der Waals surface area contributed by atoms with E-state index in [1.54, 1.807) is 20.8 Å². The predicted octanol–water partition coefficient (Wildman–Crippen LogP) is 3.33. The van der Waals surface area contributed by atoms with Crippen molar-refractivity contribution in [3.05, 3.63) is 41.1 Å². The fraction of sp³-hybridized carbons (Fsp3) is 0.579. The maximum absolute atomic E-state index is 12.3. The maximum atomic E-state index is 12.3. The lowest BCUT2D eigenvalue weighted by Gasteiger charge is -2.21. The SMILES string of the molecule is CC(C)C(COCc1ccccc1)/[N+]([O-])=C/CNC(=O)OC(C)(C)C. The number of ether oxygens (including phenoxy) is 2. The van der Waals surface area contributed by atoms with Crippen LogP contribution >= 0.6 is 0 Å². The van der Waals surface area contributed by atoms with Crippen LogP contribution in [0.25, 0.3) is 0 Å². The highest BCUT2D eigenvalue weighted by molar-refractivity contribution is 5.71. The van der Waals surface area contributed by atoms with Crippen LogP contribution in [0.15, 0.2) is 30.3 Å². The lowest BCUT2D eigenvalue weighted by atomic mass is 10.1. The van der Waals surface area contributed by atoms with Gasteiger partial charge in [0, 0.05) is 5.92 Å². The van der Waals surface area contributed by atoms with E-state index in [2.05, 4.69) is 5.32 Å². The molecule has 0 fully saturated rings. The Bertz CT molecular complexity index is 550. The first kappa shape index (κ1) is 21.0. The molecule has 1 atom stereocenters. The highest BCUT2D eigenvalue weighted by atomic mass is 16.6. The molecule has 1 N–H and O–H groups in total. The van der Waals surface area contributed by atoms with Crippen LogP contribution in [0.1, 0.15) is 40.2 Å². The number of benzene rings is 1. The van der Waals surface area contributed by atoms with Gasteiger partial charge < -0.3 is 20.0 Å². The number of nitrogens with zero attached hydrogens (tertiary/aromatic N) is 1. The number of hydroxylamine groups is 1. The summed E-state index contributed by atoms with van der Waals surface area (Å²) in [5.41, 5.74) is 0.505. The van der Waals surface area contributed by atoms with Crippen LogP contribution in [-0.4, -0.2) is 41.8 Å². The number of nitrogens with one attached hydrogen (secondary N) is 1. The average molecular weight is 350 g/mol. The van der Waals surface area contributed by atoms with Gasteiger partial charge in [-0.3, -0.25) is 0 Å². The molecule has 0 aliphatic rings. The molecule has 0 aliphatic carbocycles. The molecule has 0 saturated heterocycles. The molecular weight excluding hydrogens is 320 g/mol. The van der Waals surface area contributed by atoms with Gasteiger partial charge in [0.15, 0.2) is 12.3 Å². The summed E-state index contributed by atoms with van der Waals surface area (Å²) >= 11 is 0. The van der Waals surface area contributed by atoms with E-state index in [4.69, 9.17) is 9.47 Å². The van der Waals surface area contributed by atoms with Crippen molar-refractivity contribution in [3.63, 3.8) is 0 Å². The van der Waals surface area contributed by atoms with Gasteiger partial charge in [-0.1, -0.05) is 44.2 Å². The molecule has 6 heteroatoms. The third-order valence-electron chi connectivity index (χ3n) is 3.41. The van der Waals surface area contributed by atoms with Crippen LogP contribution in [0, 0.1) is 11.1 Å². The molecule has 0 saturated carbocycles. The first-order valence-electron chi connectivity index (χ1n) is 8.56. The van der Waals surface area contributed by atoms with E-state index in [1.807, 2.05) is 44.2 Å². The van der Waals surface area contributed by atoms with Gasteiger partial charge in [0.05, 0.1) is 13.2 Å². The summed E-state index contributed by atoms with van der Waals surface area (Å²) < 4.78 is 11.7. The second-order valence-electron chi connectivity index (χ2n) is 7.24. The van der Waals surface area contributed by atoms with Crippen LogP contribution in [0.2, 0.25) is 0 Å². The summed E-state index contributed by atoms with van der Waals surface area (Å²) in [5, 5.41) is 14.8. The van der Waals surface area contributed by atoms with Gasteiger partial charge in [-0.15, -0.1) is 0 Å². The Hall–Kier alpha value is -2.08. The van der Waals surface area contributed by atoms with Crippen molar-refractivity contribution >= 4 is 12.3 Å². The van der Waals surface area contributed by atoms with Crippen molar-refractivity contribution in [1.29, 1.82) is 0 Å². The van der Waals surface area contributed by atoms with E-state index in [0.29, 0.717) is 13.2 Å². The summed E-state index contributed by atoms with van der Waals surface area (Å²) in [6, 6.07) is 9.51. The summed E-state index contributed by atoms with van der Waals surface area (Å²) in [6.07, 6.45) is 0.860. The largest absolute Gasteiger partial charge is 0.624 e. The van der Waals surface area contributed by atoms with Gasteiger partial charge >= 0.3 is 6.09 Å². The summed E-state index contributed by atoms with van der Waals surface area (Å²) in [7, 11) is 0. The van der Waals surface area contributed by atoms with Crippen LogP contribution in [0.3, 0.4) is 0 Å². The molecule has 1 amide bonds. The monoisotopic (exact) mass is 350 g/mol. The highest BCUT2D eigenvalue weighted by Gasteiger charge is 2.21. The van der Waals surface area contributed by atoms with Gasteiger partial charge in [-0.05, 0) is 26.3 Å². The fourth-order valence-electron chi connectivity index (χ4n) is 2.10. The third kappa shape index (κ3) is 9.10. The topological polar surface area (TPSA) is 73.6 Å². The Balaban J connectivity index is 2.46. The first-order chi connectivity index (χ1) is 11.7. The van der Waals surface area contributed by atoms with Gasteiger partial charge in [0.2, 0.25) is 0 Å². The number of carbonyl (C=O) groups is 1. The van der Waals surface area contributed by atoms with Crippen molar-refractivity contribution in [1.82, 2.24) is 5.32 Å². The summed E-state index contributed by atoms with van der Waals surface area (Å²) in [4.78, 5) is 11.6. The molecular formula is C19H30N2O4. The van der Waals surface area contributed by atoms with Gasteiger partial charge in [0.1, 0.15) is 12.2 Å². The minimum Gasteiger partial charge on any atom is -0.624 e. The molecule has 1 rings (SSSR count). The average Bonchev–Trinajstić information content (AvgIpc) is 2.50. The van der Waals surface area contributed by atoms with Gasteiger partial charge in [0.25, 0.3) is 0 Å². The molecule has 0 bridgehead atoms. The maximum Gasteiger partial charge on any atom is 0.408 e. The number of rotatable bonds is 8. The van der Waals surface area contributed by atoms with Gasteiger partial charge in [-0.25, -0.2) is 9.53 Å². The highest BCUT2D eigenvalue weighted by Crippen LogP contribution is 2.09. The van der Waals surface area contributed by atoms with Crippen LogP contribution in [0.5, 0.6) is 0 Å². The Labute approximate surface area is 150 Å². The second kappa shape index (κ2) is 10.0. The first-order valence-corrected chi connectivity index (χ1v) is 8.56. The summed E-state index contributed by atoms with van der Waals surface area (Å²) in [5.74, 6) is 0.117. The van der Waals surface area contributed by atoms with E-state index >= 15 is 0 Å². The molecule has 0 aliphatic heterocycles. The predicted molar refractivity (Wildman–Crippen MR) is 98.7 cm³/mol. The van der Waals surface area contributed by atoms with Crippen molar-refractivity contribution in [3.8, 4) is 0 Å². The number of carbonyl (C=O) groups excluding carboxylic acids is 1. The van der Waals surface area contributed by atoms with Crippen LogP contribution in [-0.2, 0) is 16.1 Å².